The lowest BCUT2D eigenvalue weighted by Crippen LogP contribution is -2.29. The van der Waals surface area contributed by atoms with Crippen molar-refractivity contribution < 1.29 is 9.59 Å². The molecular formula is C22H24N6O3. The van der Waals surface area contributed by atoms with E-state index in [-0.39, 0.29) is 29.7 Å². The molecule has 0 spiro atoms. The lowest BCUT2D eigenvalue weighted by atomic mass is 10.1. The second kappa shape index (κ2) is 8.17. The number of aryl methyl sites for hydroxylation is 2. The number of nitrogens with one attached hydrogen (secondary N) is 2. The summed E-state index contributed by atoms with van der Waals surface area (Å²) in [6.45, 7) is 5.76. The minimum absolute atomic E-state index is 0.0900. The zero-order valence-electron chi connectivity index (χ0n) is 17.7. The second-order valence-electron chi connectivity index (χ2n) is 7.62. The largest absolute Gasteiger partial charge is 0.312 e. The summed E-state index contributed by atoms with van der Waals surface area (Å²) in [6.07, 6.45) is 0.705. The van der Waals surface area contributed by atoms with E-state index in [1.807, 2.05) is 37.3 Å². The Morgan fingerprint density at radius 3 is 2.65 bits per heavy atom. The van der Waals surface area contributed by atoms with Gasteiger partial charge in [0.15, 0.2) is 0 Å². The van der Waals surface area contributed by atoms with Gasteiger partial charge in [0.25, 0.3) is 5.56 Å². The fourth-order valence-electron chi connectivity index (χ4n) is 3.83. The van der Waals surface area contributed by atoms with Crippen molar-refractivity contribution in [3.05, 3.63) is 63.7 Å². The summed E-state index contributed by atoms with van der Waals surface area (Å²) >= 11 is 0. The van der Waals surface area contributed by atoms with Gasteiger partial charge in [0.2, 0.25) is 17.8 Å². The molecular weight excluding hydrogens is 396 g/mol. The summed E-state index contributed by atoms with van der Waals surface area (Å²) in [5, 5.41) is 7.22. The summed E-state index contributed by atoms with van der Waals surface area (Å²) in [7, 11) is 0. The van der Waals surface area contributed by atoms with Crippen molar-refractivity contribution in [1.82, 2.24) is 19.7 Å². The molecule has 2 aromatic heterocycles. The van der Waals surface area contributed by atoms with E-state index in [1.54, 1.807) is 24.8 Å². The van der Waals surface area contributed by atoms with E-state index >= 15 is 0 Å². The standard InChI is InChI=1S/C22H24N6O3/c1-4-17-14(3)23-22(25-21(17)31)28-18(10-13(2)26-28)24-20(30)15-11-19(29)27(12-15)16-8-6-5-7-9-16/h5-10,15H,4,11-12H2,1-3H3,(H,24,30)(H,23,25,31)/t15-/m1/s1. The third-order valence-electron chi connectivity index (χ3n) is 5.41. The third-order valence-corrected chi connectivity index (χ3v) is 5.41. The van der Waals surface area contributed by atoms with Gasteiger partial charge in [-0.05, 0) is 32.4 Å². The molecule has 31 heavy (non-hydrogen) atoms. The topological polar surface area (TPSA) is 113 Å². The van der Waals surface area contributed by atoms with E-state index in [9.17, 15) is 14.4 Å². The fourth-order valence-corrected chi connectivity index (χ4v) is 3.83. The van der Waals surface area contributed by atoms with Gasteiger partial charge >= 0.3 is 0 Å². The van der Waals surface area contributed by atoms with Crippen LogP contribution < -0.4 is 15.8 Å². The molecule has 9 heteroatoms. The molecule has 0 radical (unpaired) electrons. The van der Waals surface area contributed by atoms with Crippen LogP contribution in [0.2, 0.25) is 0 Å². The van der Waals surface area contributed by atoms with Crippen molar-refractivity contribution >= 4 is 23.3 Å². The monoisotopic (exact) mass is 420 g/mol. The molecule has 4 rings (SSSR count). The Balaban J connectivity index is 1.57. The van der Waals surface area contributed by atoms with Crippen LogP contribution in [-0.2, 0) is 16.0 Å². The van der Waals surface area contributed by atoms with Crippen molar-refractivity contribution in [2.45, 2.75) is 33.6 Å². The highest BCUT2D eigenvalue weighted by molar-refractivity contribution is 6.03. The maximum absolute atomic E-state index is 12.9. The minimum atomic E-state index is -0.493. The van der Waals surface area contributed by atoms with Crippen LogP contribution >= 0.6 is 0 Å². The fraction of sp³-hybridized carbons (Fsp3) is 0.318. The molecule has 0 bridgehead atoms. The first kappa shape index (κ1) is 20.5. The van der Waals surface area contributed by atoms with Crippen molar-refractivity contribution in [3.8, 4) is 5.95 Å². The molecule has 3 aromatic rings. The van der Waals surface area contributed by atoms with Gasteiger partial charge in [0.1, 0.15) is 5.82 Å². The van der Waals surface area contributed by atoms with E-state index in [1.165, 1.54) is 4.68 Å². The van der Waals surface area contributed by atoms with Gasteiger partial charge in [-0.15, -0.1) is 0 Å². The molecule has 1 aliphatic heterocycles. The average molecular weight is 420 g/mol. The molecule has 160 valence electrons. The zero-order chi connectivity index (χ0) is 22.1. The molecule has 1 fully saturated rings. The normalized spacial score (nSPS) is 16.0. The van der Waals surface area contributed by atoms with Crippen molar-refractivity contribution in [2.24, 2.45) is 5.92 Å². The quantitative estimate of drug-likeness (QED) is 0.657. The van der Waals surface area contributed by atoms with Crippen LogP contribution in [-0.4, -0.2) is 38.1 Å². The Kier molecular flexibility index (Phi) is 5.41. The molecule has 3 heterocycles. The molecule has 9 nitrogen and oxygen atoms in total. The molecule has 1 atom stereocenters. The lowest BCUT2D eigenvalue weighted by Gasteiger charge is -2.16. The number of carbonyl (C=O) groups is 2. The summed E-state index contributed by atoms with van der Waals surface area (Å²) < 4.78 is 1.41. The number of nitrogens with zero attached hydrogens (tertiary/aromatic N) is 4. The van der Waals surface area contributed by atoms with Crippen LogP contribution in [0.25, 0.3) is 5.95 Å². The number of carbonyl (C=O) groups excluding carboxylic acids is 2. The van der Waals surface area contributed by atoms with E-state index < -0.39 is 5.92 Å². The minimum Gasteiger partial charge on any atom is -0.312 e. The maximum atomic E-state index is 12.9. The SMILES string of the molecule is CCc1c(C)nc(-n2nc(C)cc2NC(=O)[C@@H]2CC(=O)N(c3ccccc3)C2)[nH]c1=O. The van der Waals surface area contributed by atoms with Gasteiger partial charge < -0.3 is 10.2 Å². The average Bonchev–Trinajstić information content (AvgIpc) is 3.31. The molecule has 0 unspecified atom stereocenters. The number of anilines is 2. The van der Waals surface area contributed by atoms with Gasteiger partial charge in [-0.1, -0.05) is 25.1 Å². The van der Waals surface area contributed by atoms with E-state index in [0.29, 0.717) is 35.7 Å². The third kappa shape index (κ3) is 3.98. The Hall–Kier alpha value is -3.75. The number of rotatable bonds is 5. The van der Waals surface area contributed by atoms with Gasteiger partial charge in [-0.25, -0.2) is 4.98 Å². The Bertz CT molecular complexity index is 1200. The number of aromatic amines is 1. The number of para-hydroxylation sites is 1. The first-order chi connectivity index (χ1) is 14.9. The van der Waals surface area contributed by atoms with Gasteiger partial charge in [0.05, 0.1) is 11.6 Å². The van der Waals surface area contributed by atoms with Crippen LogP contribution in [0.3, 0.4) is 0 Å². The Morgan fingerprint density at radius 2 is 1.97 bits per heavy atom. The molecule has 1 aromatic carbocycles. The first-order valence-electron chi connectivity index (χ1n) is 10.2. The number of hydrogen-bond donors (Lipinski definition) is 2. The maximum Gasteiger partial charge on any atom is 0.255 e. The van der Waals surface area contributed by atoms with Crippen LogP contribution in [0.5, 0.6) is 0 Å². The second-order valence-corrected chi connectivity index (χ2v) is 7.62. The van der Waals surface area contributed by atoms with E-state index in [0.717, 1.165) is 5.69 Å². The predicted molar refractivity (Wildman–Crippen MR) is 116 cm³/mol. The van der Waals surface area contributed by atoms with Crippen molar-refractivity contribution in [2.75, 3.05) is 16.8 Å². The predicted octanol–water partition coefficient (Wildman–Crippen LogP) is 2.13. The van der Waals surface area contributed by atoms with Gasteiger partial charge in [0, 0.05) is 36.0 Å². The van der Waals surface area contributed by atoms with Gasteiger partial charge in [-0.2, -0.15) is 9.78 Å². The Morgan fingerprint density at radius 1 is 1.23 bits per heavy atom. The number of aromatic nitrogens is 4. The smallest absolute Gasteiger partial charge is 0.255 e. The molecule has 0 aliphatic carbocycles. The highest BCUT2D eigenvalue weighted by Gasteiger charge is 2.35. The Labute approximate surface area is 179 Å². The van der Waals surface area contributed by atoms with Crippen LogP contribution in [0.1, 0.15) is 30.3 Å². The lowest BCUT2D eigenvalue weighted by molar-refractivity contribution is -0.122. The van der Waals surface area contributed by atoms with Crippen LogP contribution in [0.4, 0.5) is 11.5 Å². The molecule has 1 aliphatic rings. The zero-order valence-corrected chi connectivity index (χ0v) is 17.7. The number of hydrogen-bond acceptors (Lipinski definition) is 5. The number of amides is 2. The highest BCUT2D eigenvalue weighted by atomic mass is 16.2. The molecule has 2 amide bonds. The van der Waals surface area contributed by atoms with E-state index in [4.69, 9.17) is 0 Å². The first-order valence-corrected chi connectivity index (χ1v) is 10.2. The molecule has 1 saturated heterocycles. The van der Waals surface area contributed by atoms with Crippen molar-refractivity contribution in [1.29, 1.82) is 0 Å². The summed E-state index contributed by atoms with van der Waals surface area (Å²) in [5.41, 5.74) is 2.44. The van der Waals surface area contributed by atoms with Gasteiger partial charge in [-0.3, -0.25) is 19.4 Å². The summed E-state index contributed by atoms with van der Waals surface area (Å²) in [5.74, 6) is -0.242. The highest BCUT2D eigenvalue weighted by Crippen LogP contribution is 2.26. The van der Waals surface area contributed by atoms with Crippen LogP contribution in [0.15, 0.2) is 41.2 Å². The summed E-state index contributed by atoms with van der Waals surface area (Å²) in [4.78, 5) is 46.6. The van der Waals surface area contributed by atoms with E-state index in [2.05, 4.69) is 20.4 Å². The number of benzene rings is 1. The van der Waals surface area contributed by atoms with Crippen molar-refractivity contribution in [3.63, 3.8) is 0 Å². The molecule has 2 N–H and O–H groups in total. The molecule has 0 saturated carbocycles. The summed E-state index contributed by atoms with van der Waals surface area (Å²) in [6, 6.07) is 11.0. The number of H-pyrrole nitrogens is 1. The van der Waals surface area contributed by atoms with Crippen LogP contribution in [0, 0.1) is 19.8 Å².